The van der Waals surface area contributed by atoms with Gasteiger partial charge < -0.3 is 19.9 Å². The molecule has 2 fully saturated rings. The van der Waals surface area contributed by atoms with E-state index in [-0.39, 0.29) is 17.9 Å². The van der Waals surface area contributed by atoms with Crippen LogP contribution < -0.4 is 15.4 Å². The van der Waals surface area contributed by atoms with Crippen molar-refractivity contribution in [2.24, 2.45) is 17.8 Å². The Morgan fingerprint density at radius 1 is 1.21 bits per heavy atom. The van der Waals surface area contributed by atoms with Crippen molar-refractivity contribution >= 4 is 17.1 Å². The fourth-order valence-corrected chi connectivity index (χ4v) is 4.67. The number of alkyl halides is 3. The minimum Gasteiger partial charge on any atom is -0.479 e. The summed E-state index contributed by atoms with van der Waals surface area (Å²) in [7, 11) is 2.97. The first-order chi connectivity index (χ1) is 18.1. The van der Waals surface area contributed by atoms with Crippen LogP contribution in [0.4, 0.5) is 28.9 Å². The Balaban J connectivity index is 1.49. The zero-order valence-electron chi connectivity index (χ0n) is 21.2. The molecule has 38 heavy (non-hydrogen) atoms. The minimum absolute atomic E-state index is 0.0245. The quantitative estimate of drug-likeness (QED) is 0.460. The molecular formula is C26H27F4N7O. The zero-order valence-corrected chi connectivity index (χ0v) is 21.2. The molecule has 200 valence electrons. The average Bonchev–Trinajstić information content (AvgIpc) is 3.63. The second-order valence-electron chi connectivity index (χ2n) is 9.51. The number of piperidine rings is 1. The van der Waals surface area contributed by atoms with Crippen LogP contribution in [-0.4, -0.2) is 45.4 Å². The number of nitrogens with two attached hydrogens (primary N) is 1. The maximum atomic E-state index is 15.4. The summed E-state index contributed by atoms with van der Waals surface area (Å²) in [6.45, 7) is 2.55. The molecule has 1 aliphatic carbocycles. The molecule has 3 heterocycles. The van der Waals surface area contributed by atoms with Crippen LogP contribution in [0.25, 0.3) is 11.4 Å². The van der Waals surface area contributed by atoms with E-state index < -0.39 is 17.7 Å². The van der Waals surface area contributed by atoms with Gasteiger partial charge in [0.25, 0.3) is 0 Å². The van der Waals surface area contributed by atoms with E-state index in [0.717, 1.165) is 30.3 Å². The fraction of sp³-hybridized carbons (Fsp3) is 0.385. The highest BCUT2D eigenvalue weighted by molar-refractivity contribution is 6.06. The van der Waals surface area contributed by atoms with E-state index in [4.69, 9.17) is 15.5 Å². The molecular weight excluding hydrogens is 502 g/mol. The Hall–Kier alpha value is -3.96. The molecule has 2 aromatic heterocycles. The molecule has 2 aliphatic rings. The lowest BCUT2D eigenvalue weighted by molar-refractivity contribution is -0.140. The van der Waals surface area contributed by atoms with E-state index in [2.05, 4.69) is 15.0 Å². The van der Waals surface area contributed by atoms with E-state index in [1.165, 1.54) is 31.1 Å². The zero-order chi connectivity index (χ0) is 27.2. The van der Waals surface area contributed by atoms with E-state index in [1.807, 2.05) is 4.90 Å². The lowest BCUT2D eigenvalue weighted by Crippen LogP contribution is -2.38. The van der Waals surface area contributed by atoms with Crippen molar-refractivity contribution in [1.82, 2.24) is 19.5 Å². The molecule has 0 amide bonds. The molecule has 5 rings (SSSR count). The number of allylic oxidation sites excluding steroid dienone is 1. The maximum Gasteiger partial charge on any atom is 0.434 e. The van der Waals surface area contributed by atoms with Gasteiger partial charge in [0.05, 0.1) is 30.7 Å². The summed E-state index contributed by atoms with van der Waals surface area (Å²) < 4.78 is 61.3. The third-order valence-electron chi connectivity index (χ3n) is 6.73. The molecule has 1 saturated heterocycles. The van der Waals surface area contributed by atoms with Crippen molar-refractivity contribution in [1.29, 1.82) is 0 Å². The van der Waals surface area contributed by atoms with Gasteiger partial charge in [-0.3, -0.25) is 0 Å². The van der Waals surface area contributed by atoms with Crippen molar-refractivity contribution in [2.45, 2.75) is 38.3 Å². The number of methoxy groups -OCH3 is 1. The van der Waals surface area contributed by atoms with Gasteiger partial charge in [0.15, 0.2) is 5.69 Å². The largest absolute Gasteiger partial charge is 0.479 e. The number of ether oxygens (including phenoxy) is 1. The Bertz CT molecular complexity index is 1440. The number of benzene rings is 1. The summed E-state index contributed by atoms with van der Waals surface area (Å²) >= 11 is 0. The monoisotopic (exact) mass is 529 g/mol. The number of aromatic nitrogens is 4. The van der Waals surface area contributed by atoms with Gasteiger partial charge in [-0.05, 0) is 50.0 Å². The highest BCUT2D eigenvalue weighted by Crippen LogP contribution is 2.46. The molecule has 0 radical (unpaired) electrons. The lowest BCUT2D eigenvalue weighted by Gasteiger charge is -2.32. The number of hydrogen-bond donors (Lipinski definition) is 1. The number of aliphatic imine (C=N–C) groups is 1. The summed E-state index contributed by atoms with van der Waals surface area (Å²) in [5, 5.41) is 0. The Kier molecular flexibility index (Phi) is 6.58. The van der Waals surface area contributed by atoms with Gasteiger partial charge in [-0.25, -0.2) is 19.4 Å². The van der Waals surface area contributed by atoms with Crippen molar-refractivity contribution in [3.63, 3.8) is 0 Å². The van der Waals surface area contributed by atoms with Crippen LogP contribution >= 0.6 is 0 Å². The van der Waals surface area contributed by atoms with Gasteiger partial charge in [-0.1, -0.05) is 0 Å². The number of imidazole rings is 1. The molecule has 1 saturated carbocycles. The summed E-state index contributed by atoms with van der Waals surface area (Å²) in [4.78, 5) is 19.1. The van der Waals surface area contributed by atoms with Gasteiger partial charge in [-0.15, -0.1) is 0 Å². The average molecular weight is 530 g/mol. The molecule has 0 unspecified atom stereocenters. The van der Waals surface area contributed by atoms with Gasteiger partial charge >= 0.3 is 6.18 Å². The van der Waals surface area contributed by atoms with Crippen molar-refractivity contribution in [3.8, 4) is 17.3 Å². The Morgan fingerprint density at radius 2 is 1.97 bits per heavy atom. The summed E-state index contributed by atoms with van der Waals surface area (Å²) in [6, 6.07) is 4.32. The number of nitrogens with zero attached hydrogens (tertiary/aromatic N) is 6. The third kappa shape index (κ3) is 4.94. The van der Waals surface area contributed by atoms with Crippen LogP contribution in [-0.2, 0) is 13.2 Å². The molecule has 12 heteroatoms. The number of aryl methyl sites for hydroxylation is 1. The predicted octanol–water partition coefficient (Wildman–Crippen LogP) is 5.14. The lowest BCUT2D eigenvalue weighted by atomic mass is 9.98. The van der Waals surface area contributed by atoms with Crippen molar-refractivity contribution in [3.05, 3.63) is 59.2 Å². The SMILES string of the molecule is COc1ncnc(C2CC2)c1N=C1CN(c2ccc(-c3nc(C(F)(F)F)cn3C)cc2F)CC/C1=C(\C)N. The van der Waals surface area contributed by atoms with Crippen LogP contribution in [0.1, 0.15) is 43.5 Å². The van der Waals surface area contributed by atoms with E-state index in [0.29, 0.717) is 47.5 Å². The summed E-state index contributed by atoms with van der Waals surface area (Å²) in [6.07, 6.45) is 0.322. The molecule has 1 aromatic carbocycles. The first kappa shape index (κ1) is 25.7. The predicted molar refractivity (Wildman–Crippen MR) is 135 cm³/mol. The highest BCUT2D eigenvalue weighted by atomic mass is 19.4. The number of halogens is 4. The van der Waals surface area contributed by atoms with Crippen LogP contribution in [0.3, 0.4) is 0 Å². The maximum absolute atomic E-state index is 15.4. The Labute approximate surface area is 216 Å². The van der Waals surface area contributed by atoms with Crippen molar-refractivity contribution < 1.29 is 22.3 Å². The highest BCUT2D eigenvalue weighted by Gasteiger charge is 2.35. The fourth-order valence-electron chi connectivity index (χ4n) is 4.67. The van der Waals surface area contributed by atoms with Crippen molar-refractivity contribution in [2.75, 3.05) is 25.1 Å². The van der Waals surface area contributed by atoms with Gasteiger partial charge in [0.2, 0.25) is 5.88 Å². The molecule has 0 spiro atoms. The van der Waals surface area contributed by atoms with Crippen LogP contribution in [0.2, 0.25) is 0 Å². The van der Waals surface area contributed by atoms with Gasteiger partial charge in [0.1, 0.15) is 23.7 Å². The second-order valence-corrected chi connectivity index (χ2v) is 9.51. The topological polar surface area (TPSA) is 94.5 Å². The van der Waals surface area contributed by atoms with Crippen LogP contribution in [0.5, 0.6) is 5.88 Å². The molecule has 2 N–H and O–H groups in total. The molecule has 8 nitrogen and oxygen atoms in total. The first-order valence-electron chi connectivity index (χ1n) is 12.1. The smallest absolute Gasteiger partial charge is 0.434 e. The third-order valence-corrected chi connectivity index (χ3v) is 6.73. The molecule has 0 bridgehead atoms. The second kappa shape index (κ2) is 9.73. The molecule has 3 aromatic rings. The summed E-state index contributed by atoms with van der Waals surface area (Å²) in [5.74, 6) is 0.113. The minimum atomic E-state index is -4.59. The van der Waals surface area contributed by atoms with Crippen LogP contribution in [0, 0.1) is 5.82 Å². The van der Waals surface area contributed by atoms with E-state index in [9.17, 15) is 13.2 Å². The normalized spacial score (nSPS) is 18.7. The van der Waals surface area contributed by atoms with Gasteiger partial charge in [-0.2, -0.15) is 18.2 Å². The van der Waals surface area contributed by atoms with E-state index >= 15 is 4.39 Å². The first-order valence-corrected chi connectivity index (χ1v) is 12.1. The number of hydrogen-bond acceptors (Lipinski definition) is 7. The number of anilines is 1. The molecule has 0 atom stereocenters. The van der Waals surface area contributed by atoms with Gasteiger partial charge in [0, 0.05) is 37.0 Å². The molecule has 1 aliphatic heterocycles. The standard InChI is InChI=1S/C26H27F4N7O/c1-14(31)17-8-9-37(11-19(17)34-23-22(15-4-5-15)32-13-33-25(23)38-3)20-7-6-16(10-18(20)27)24-35-21(12-36(24)2)26(28,29)30/h6-7,10,12-13,15H,4-5,8-9,11,31H2,1-3H3/b17-14-,34-19?. The van der Waals surface area contributed by atoms with E-state index in [1.54, 1.807) is 19.1 Å². The summed E-state index contributed by atoms with van der Waals surface area (Å²) in [5.41, 5.74) is 9.24. The Morgan fingerprint density at radius 3 is 2.58 bits per heavy atom. The number of rotatable bonds is 5. The van der Waals surface area contributed by atoms with Crippen LogP contribution in [0.15, 0.2) is 47.0 Å².